The van der Waals surface area contributed by atoms with Gasteiger partial charge in [-0.15, -0.1) is 0 Å². The molecular weight excluding hydrogens is 139 g/mol. The maximum atomic E-state index is 9.66. The first-order chi connectivity index (χ1) is 3.18. The summed E-state index contributed by atoms with van der Waals surface area (Å²) in [6.45, 7) is 0. The van der Waals surface area contributed by atoms with Crippen LogP contribution in [-0.4, -0.2) is 22.4 Å². The third-order valence-electron chi connectivity index (χ3n) is 0.352. The van der Waals surface area contributed by atoms with Crippen molar-refractivity contribution in [3.8, 4) is 0 Å². The average Bonchev–Trinajstić information content (AvgIpc) is 1.65. The molecule has 0 N–H and O–H groups in total. The Bertz CT molecular complexity index is 102. The smallest absolute Gasteiger partial charge is 0.539 e. The molecule has 0 radical (unpaired) electrons. The molecule has 0 bridgehead atoms. The second-order valence-electron chi connectivity index (χ2n) is 0.779. The molecule has 0 saturated heterocycles. The van der Waals surface area contributed by atoms with Gasteiger partial charge in [-0.25, -0.2) is 4.79 Å². The molecule has 0 aliphatic carbocycles. The van der Waals surface area contributed by atoms with Crippen molar-refractivity contribution < 1.29 is 48.7 Å². The van der Waals surface area contributed by atoms with E-state index in [1.54, 1.807) is 0 Å². The zero-order chi connectivity index (χ0) is 5.86. The summed E-state index contributed by atoms with van der Waals surface area (Å²) in [4.78, 5) is 19.0. The maximum absolute atomic E-state index is 9.66. The summed E-state index contributed by atoms with van der Waals surface area (Å²) in [5, 5.41) is 9.37. The summed E-state index contributed by atoms with van der Waals surface area (Å²) in [6.07, 6.45) is 0. The number of rotatable bonds is 0. The van der Waals surface area contributed by atoms with Crippen LogP contribution in [0.3, 0.4) is 0 Å². The standard InChI is InChI=1S/C2H4O4Si.Na/c3-1(4)2(5)6-7;/h7H3,(H,3,4);/q;+1/p-1. The normalized spacial score (nSPS) is 7.00. The third-order valence-corrected chi connectivity index (χ3v) is 0.723. The number of carboxylic acids is 1. The quantitative estimate of drug-likeness (QED) is 0.249. The molecule has 0 aromatic carbocycles. The van der Waals surface area contributed by atoms with E-state index in [1.165, 1.54) is 0 Å². The van der Waals surface area contributed by atoms with Gasteiger partial charge in [0.1, 0.15) is 0 Å². The monoisotopic (exact) mass is 142 g/mol. The number of hydrogen-bond acceptors (Lipinski definition) is 4. The molecule has 8 heavy (non-hydrogen) atoms. The summed E-state index contributed by atoms with van der Waals surface area (Å²) in [5.74, 6) is -3.07. The molecule has 0 spiro atoms. The van der Waals surface area contributed by atoms with Gasteiger partial charge in [-0.3, -0.25) is 0 Å². The molecule has 0 heterocycles. The van der Waals surface area contributed by atoms with Gasteiger partial charge in [-0.05, 0) is 0 Å². The molecule has 0 fully saturated rings. The van der Waals surface area contributed by atoms with Crippen molar-refractivity contribution in [3.63, 3.8) is 0 Å². The fourth-order valence-corrected chi connectivity index (χ4v) is 0.250. The Kier molecular flexibility index (Phi) is 7.30. The fraction of sp³-hybridized carbons (Fsp3) is 0. The molecule has 0 aromatic rings. The predicted octanol–water partition coefficient (Wildman–Crippen LogP) is -6.44. The van der Waals surface area contributed by atoms with Gasteiger partial charge in [0.15, 0.2) is 5.97 Å². The Morgan fingerprint density at radius 3 is 1.88 bits per heavy atom. The molecule has 40 valence electrons. The van der Waals surface area contributed by atoms with Gasteiger partial charge in [-0.2, -0.15) is 0 Å². The van der Waals surface area contributed by atoms with Crippen LogP contribution in [0.15, 0.2) is 0 Å². The summed E-state index contributed by atoms with van der Waals surface area (Å²) >= 11 is 0. The second-order valence-corrected chi connectivity index (χ2v) is 1.19. The van der Waals surface area contributed by atoms with Crippen LogP contribution in [0.5, 0.6) is 0 Å². The van der Waals surface area contributed by atoms with E-state index in [0.29, 0.717) is 0 Å². The first kappa shape index (κ1) is 11.0. The molecular formula is C2H3NaO4Si. The minimum atomic E-state index is -1.78. The average molecular weight is 142 g/mol. The zero-order valence-corrected chi connectivity index (χ0v) is 8.63. The molecule has 0 aliphatic heterocycles. The van der Waals surface area contributed by atoms with E-state index in [4.69, 9.17) is 0 Å². The van der Waals surface area contributed by atoms with Crippen LogP contribution in [0.2, 0.25) is 0 Å². The third kappa shape index (κ3) is 4.32. The van der Waals surface area contributed by atoms with Crippen molar-refractivity contribution in [1.82, 2.24) is 0 Å². The number of carboxylic acid groups (broad SMARTS) is 1. The van der Waals surface area contributed by atoms with Crippen molar-refractivity contribution >= 4 is 22.4 Å². The van der Waals surface area contributed by atoms with Crippen LogP contribution in [0.25, 0.3) is 0 Å². The molecule has 0 rings (SSSR count). The minimum Gasteiger partial charge on any atom is -0.539 e. The molecule has 0 aliphatic rings. The zero-order valence-electron chi connectivity index (χ0n) is 4.63. The Balaban J connectivity index is 0. The number of aliphatic carboxylic acids is 1. The maximum Gasteiger partial charge on any atom is 1.00 e. The van der Waals surface area contributed by atoms with Crippen LogP contribution in [0.1, 0.15) is 0 Å². The molecule has 0 amide bonds. The molecule has 6 heteroatoms. The van der Waals surface area contributed by atoms with E-state index < -0.39 is 11.9 Å². The van der Waals surface area contributed by atoms with Crippen LogP contribution in [-0.2, 0) is 14.0 Å². The molecule has 4 nitrogen and oxygen atoms in total. The van der Waals surface area contributed by atoms with Gasteiger partial charge in [-0.1, -0.05) is 0 Å². The summed E-state index contributed by atoms with van der Waals surface area (Å²) < 4.78 is 3.85. The van der Waals surface area contributed by atoms with Gasteiger partial charge in [0.05, 0.1) is 0 Å². The Morgan fingerprint density at radius 1 is 1.50 bits per heavy atom. The van der Waals surface area contributed by atoms with Crippen molar-refractivity contribution in [2.75, 3.05) is 0 Å². The SMILES string of the molecule is O=C([O-])C(=O)O[SiH3].[Na+]. The van der Waals surface area contributed by atoms with Crippen LogP contribution < -0.4 is 34.7 Å². The van der Waals surface area contributed by atoms with Gasteiger partial charge in [0.2, 0.25) is 10.5 Å². The van der Waals surface area contributed by atoms with E-state index >= 15 is 0 Å². The molecule has 0 aromatic heterocycles. The van der Waals surface area contributed by atoms with E-state index in [9.17, 15) is 14.7 Å². The summed E-state index contributed by atoms with van der Waals surface area (Å²) in [5.41, 5.74) is 0. The van der Waals surface area contributed by atoms with Crippen LogP contribution >= 0.6 is 0 Å². The van der Waals surface area contributed by atoms with Crippen LogP contribution in [0, 0.1) is 0 Å². The van der Waals surface area contributed by atoms with Crippen molar-refractivity contribution in [1.29, 1.82) is 0 Å². The van der Waals surface area contributed by atoms with Gasteiger partial charge in [0.25, 0.3) is 0 Å². The largest absolute Gasteiger partial charge is 1.00 e. The van der Waals surface area contributed by atoms with Crippen LogP contribution in [0.4, 0.5) is 0 Å². The van der Waals surface area contributed by atoms with Crippen molar-refractivity contribution in [2.45, 2.75) is 0 Å². The van der Waals surface area contributed by atoms with E-state index in [2.05, 4.69) is 4.43 Å². The number of hydrogen-bond donors (Lipinski definition) is 0. The topological polar surface area (TPSA) is 66.4 Å². The second kappa shape index (κ2) is 5.30. The molecule has 0 saturated carbocycles. The summed E-state index contributed by atoms with van der Waals surface area (Å²) in [6, 6.07) is 0. The Hall–Kier alpha value is 0.157. The van der Waals surface area contributed by atoms with Crippen molar-refractivity contribution in [2.24, 2.45) is 0 Å². The summed E-state index contributed by atoms with van der Waals surface area (Å²) in [7, 11) is 0.100. The Morgan fingerprint density at radius 2 is 1.88 bits per heavy atom. The fourth-order valence-electron chi connectivity index (χ4n) is 0.0833. The van der Waals surface area contributed by atoms with Crippen molar-refractivity contribution in [3.05, 3.63) is 0 Å². The number of carbonyl (C=O) groups is 2. The Labute approximate surface area is 71.0 Å². The minimum absolute atomic E-state index is 0. The van der Waals surface area contributed by atoms with Gasteiger partial charge in [0, 0.05) is 0 Å². The molecule has 0 atom stereocenters. The first-order valence-corrected chi connectivity index (χ1v) is 2.29. The van der Waals surface area contributed by atoms with E-state index in [-0.39, 0.29) is 40.0 Å². The van der Waals surface area contributed by atoms with E-state index in [1.807, 2.05) is 0 Å². The predicted molar refractivity (Wildman–Crippen MR) is 21.0 cm³/mol. The van der Waals surface area contributed by atoms with E-state index in [0.717, 1.165) is 0 Å². The number of carbonyl (C=O) groups excluding carboxylic acids is 2. The molecule has 0 unspecified atom stereocenters. The van der Waals surface area contributed by atoms with Gasteiger partial charge >= 0.3 is 35.5 Å². The van der Waals surface area contributed by atoms with Gasteiger partial charge < -0.3 is 14.3 Å². The first-order valence-electron chi connectivity index (χ1n) is 1.47.